The number of hydrogen-bond acceptors (Lipinski definition) is 7. The summed E-state index contributed by atoms with van der Waals surface area (Å²) in [6.45, 7) is 5.33. The number of esters is 1. The third kappa shape index (κ3) is 4.97. The van der Waals surface area contributed by atoms with Gasteiger partial charge in [-0.15, -0.1) is 0 Å². The van der Waals surface area contributed by atoms with E-state index >= 15 is 0 Å². The van der Waals surface area contributed by atoms with E-state index in [1.54, 1.807) is 62.8 Å². The van der Waals surface area contributed by atoms with Gasteiger partial charge in [-0.25, -0.2) is 9.79 Å². The van der Waals surface area contributed by atoms with Crippen molar-refractivity contribution in [3.05, 3.63) is 108 Å². The summed E-state index contributed by atoms with van der Waals surface area (Å²) in [4.78, 5) is 32.1. The molecule has 1 aliphatic heterocycles. The number of nitrogens with zero attached hydrogens (tertiary/aromatic N) is 2. The van der Waals surface area contributed by atoms with Crippen LogP contribution in [0.5, 0.6) is 5.75 Å². The summed E-state index contributed by atoms with van der Waals surface area (Å²) in [7, 11) is 1.58. The molecule has 2 aromatic heterocycles. The van der Waals surface area contributed by atoms with Crippen molar-refractivity contribution in [3.63, 3.8) is 0 Å². The van der Waals surface area contributed by atoms with Crippen LogP contribution in [0.2, 0.25) is 5.02 Å². The van der Waals surface area contributed by atoms with Crippen LogP contribution >= 0.6 is 22.9 Å². The van der Waals surface area contributed by atoms with E-state index in [4.69, 9.17) is 25.5 Å². The molecule has 0 radical (unpaired) electrons. The van der Waals surface area contributed by atoms with Gasteiger partial charge in [0.2, 0.25) is 0 Å². The number of furan rings is 1. The number of allylic oxidation sites excluding steroid dienone is 1. The number of thiazole rings is 1. The van der Waals surface area contributed by atoms with Gasteiger partial charge in [0, 0.05) is 16.7 Å². The molecule has 194 valence electrons. The van der Waals surface area contributed by atoms with Crippen molar-refractivity contribution in [3.8, 4) is 17.1 Å². The Balaban J connectivity index is 1.63. The lowest BCUT2D eigenvalue weighted by Crippen LogP contribution is -2.40. The Morgan fingerprint density at radius 1 is 1.16 bits per heavy atom. The number of rotatable bonds is 6. The van der Waals surface area contributed by atoms with Crippen LogP contribution < -0.4 is 19.6 Å². The number of methoxy groups -OCH3 is 1. The maximum atomic E-state index is 13.8. The van der Waals surface area contributed by atoms with Gasteiger partial charge in [0.15, 0.2) is 4.80 Å². The summed E-state index contributed by atoms with van der Waals surface area (Å²) in [6, 6.07) is 17.6. The average Bonchev–Trinajstić information content (AvgIpc) is 3.47. The summed E-state index contributed by atoms with van der Waals surface area (Å²) in [5.41, 5.74) is 2.12. The molecule has 38 heavy (non-hydrogen) atoms. The van der Waals surface area contributed by atoms with Gasteiger partial charge < -0.3 is 13.9 Å². The van der Waals surface area contributed by atoms with E-state index in [1.807, 2.05) is 36.4 Å². The van der Waals surface area contributed by atoms with Crippen molar-refractivity contribution in [2.45, 2.75) is 32.9 Å². The Morgan fingerprint density at radius 2 is 1.92 bits per heavy atom. The number of halogens is 1. The Hall–Kier alpha value is -3.88. The second kappa shape index (κ2) is 10.5. The molecule has 0 spiro atoms. The lowest BCUT2D eigenvalue weighted by molar-refractivity contribution is -0.143. The predicted octanol–water partition coefficient (Wildman–Crippen LogP) is 5.11. The van der Waals surface area contributed by atoms with Crippen LogP contribution in [0, 0.1) is 0 Å². The minimum atomic E-state index is -0.704. The van der Waals surface area contributed by atoms with Crippen LogP contribution in [0.4, 0.5) is 0 Å². The molecule has 1 unspecified atom stereocenters. The highest BCUT2D eigenvalue weighted by Crippen LogP contribution is 2.32. The van der Waals surface area contributed by atoms with Crippen molar-refractivity contribution >= 4 is 35.0 Å². The number of aromatic nitrogens is 1. The van der Waals surface area contributed by atoms with Crippen LogP contribution in [0.25, 0.3) is 17.4 Å². The molecule has 0 saturated carbocycles. The molecule has 2 aromatic carbocycles. The van der Waals surface area contributed by atoms with Gasteiger partial charge in [-0.1, -0.05) is 47.2 Å². The number of carbonyl (C=O) groups excluding carboxylic acids is 1. The average molecular weight is 549 g/mol. The zero-order chi connectivity index (χ0) is 27.0. The molecule has 0 fully saturated rings. The van der Waals surface area contributed by atoms with Crippen molar-refractivity contribution in [1.29, 1.82) is 0 Å². The van der Waals surface area contributed by atoms with Crippen molar-refractivity contribution in [2.24, 2.45) is 4.99 Å². The second-order valence-corrected chi connectivity index (χ2v) is 10.5. The normalized spacial score (nSPS) is 15.4. The van der Waals surface area contributed by atoms with Gasteiger partial charge in [-0.2, -0.15) is 0 Å². The van der Waals surface area contributed by atoms with E-state index in [1.165, 1.54) is 11.3 Å². The number of fused-ring (bicyclic) bond motifs is 1. The van der Waals surface area contributed by atoms with Crippen molar-refractivity contribution in [1.82, 2.24) is 4.57 Å². The summed E-state index contributed by atoms with van der Waals surface area (Å²) < 4.78 is 18.8. The molecule has 9 heteroatoms. The third-order valence-electron chi connectivity index (χ3n) is 6.03. The Bertz CT molecular complexity index is 1730. The molecule has 7 nitrogen and oxygen atoms in total. The highest BCUT2D eigenvalue weighted by atomic mass is 35.5. The van der Waals surface area contributed by atoms with Crippen molar-refractivity contribution < 1.29 is 18.7 Å². The SMILES string of the molecule is COc1ccc(C2C(C(=O)OC(C)C)=C(C)N=c3s/c(=C\c4ccc(-c5cccc(Cl)c5)o4)c(=O)n32)cc1. The monoisotopic (exact) mass is 548 g/mol. The van der Waals surface area contributed by atoms with Crippen LogP contribution in [-0.2, 0) is 9.53 Å². The summed E-state index contributed by atoms with van der Waals surface area (Å²) in [5.74, 6) is 1.31. The van der Waals surface area contributed by atoms with Crippen LogP contribution in [0.3, 0.4) is 0 Å². The fourth-order valence-electron chi connectivity index (χ4n) is 4.32. The van der Waals surface area contributed by atoms with E-state index in [0.717, 1.165) is 11.1 Å². The molecule has 1 aliphatic rings. The minimum Gasteiger partial charge on any atom is -0.497 e. The standard InChI is InChI=1S/C29H25ClN2O5S/c1-16(2)36-28(34)25-17(3)31-29-32(26(25)18-8-10-21(35-4)11-9-18)27(33)24(38-29)15-22-12-13-23(37-22)19-6-5-7-20(30)14-19/h5-16,26H,1-4H3/b24-15-. The maximum Gasteiger partial charge on any atom is 0.338 e. The first kappa shape index (κ1) is 25.8. The predicted molar refractivity (Wildman–Crippen MR) is 147 cm³/mol. The smallest absolute Gasteiger partial charge is 0.338 e. The van der Waals surface area contributed by atoms with Gasteiger partial charge in [0.1, 0.15) is 17.3 Å². The summed E-state index contributed by atoms with van der Waals surface area (Å²) >= 11 is 7.36. The fraction of sp³-hybridized carbons (Fsp3) is 0.207. The first-order chi connectivity index (χ1) is 18.2. The highest BCUT2D eigenvalue weighted by Gasteiger charge is 2.33. The van der Waals surface area contributed by atoms with Crippen molar-refractivity contribution in [2.75, 3.05) is 7.11 Å². The Kier molecular flexibility index (Phi) is 7.10. The third-order valence-corrected chi connectivity index (χ3v) is 7.24. The highest BCUT2D eigenvalue weighted by molar-refractivity contribution is 7.07. The van der Waals surface area contributed by atoms with Crippen LogP contribution in [0.1, 0.15) is 38.1 Å². The molecule has 0 bridgehead atoms. The zero-order valence-corrected chi connectivity index (χ0v) is 22.8. The first-order valence-electron chi connectivity index (χ1n) is 12.0. The molecule has 0 saturated heterocycles. The molecule has 3 heterocycles. The first-order valence-corrected chi connectivity index (χ1v) is 13.2. The summed E-state index contributed by atoms with van der Waals surface area (Å²) in [6.07, 6.45) is 1.37. The van der Waals surface area contributed by atoms with E-state index in [-0.39, 0.29) is 11.7 Å². The number of benzene rings is 2. The summed E-state index contributed by atoms with van der Waals surface area (Å²) in [5, 5.41) is 0.606. The molecule has 0 amide bonds. The lowest BCUT2D eigenvalue weighted by Gasteiger charge is -2.25. The minimum absolute atomic E-state index is 0.280. The maximum absolute atomic E-state index is 13.8. The van der Waals surface area contributed by atoms with E-state index in [0.29, 0.717) is 42.9 Å². The zero-order valence-electron chi connectivity index (χ0n) is 21.2. The van der Waals surface area contributed by atoms with Gasteiger partial charge in [-0.3, -0.25) is 9.36 Å². The molecule has 1 atom stereocenters. The van der Waals surface area contributed by atoms with E-state index in [9.17, 15) is 9.59 Å². The molecule has 0 aliphatic carbocycles. The fourth-order valence-corrected chi connectivity index (χ4v) is 5.54. The van der Waals surface area contributed by atoms with Gasteiger partial charge in [0.05, 0.1) is 35.1 Å². The molecular weight excluding hydrogens is 524 g/mol. The molecular formula is C29H25ClN2O5S. The second-order valence-electron chi connectivity index (χ2n) is 9.02. The number of carbonyl (C=O) groups is 1. The van der Waals surface area contributed by atoms with Crippen LogP contribution in [0.15, 0.2) is 86.1 Å². The molecule has 0 N–H and O–H groups in total. The van der Waals surface area contributed by atoms with Crippen LogP contribution in [-0.4, -0.2) is 23.8 Å². The molecule has 5 rings (SSSR count). The van der Waals surface area contributed by atoms with Gasteiger partial charge in [0.25, 0.3) is 5.56 Å². The topological polar surface area (TPSA) is 83.0 Å². The van der Waals surface area contributed by atoms with E-state index < -0.39 is 12.0 Å². The Labute approximate surface area is 227 Å². The Morgan fingerprint density at radius 3 is 2.61 bits per heavy atom. The van der Waals surface area contributed by atoms with Gasteiger partial charge in [-0.05, 0) is 62.7 Å². The number of ether oxygens (including phenoxy) is 2. The van der Waals surface area contributed by atoms with Gasteiger partial charge >= 0.3 is 5.97 Å². The largest absolute Gasteiger partial charge is 0.497 e. The number of hydrogen-bond donors (Lipinski definition) is 0. The van der Waals surface area contributed by atoms with E-state index in [2.05, 4.69) is 4.99 Å². The quantitative estimate of drug-likeness (QED) is 0.313. The molecule has 4 aromatic rings. The lowest BCUT2D eigenvalue weighted by atomic mass is 9.96.